The summed E-state index contributed by atoms with van der Waals surface area (Å²) in [5.41, 5.74) is 1.64. The maximum Gasteiger partial charge on any atom is 0.220 e. The summed E-state index contributed by atoms with van der Waals surface area (Å²) in [4.78, 5) is 11.8. The second-order valence-corrected chi connectivity index (χ2v) is 5.24. The first-order chi connectivity index (χ1) is 9.52. The zero-order valence-electron chi connectivity index (χ0n) is 12.4. The number of carbonyl (C=O) groups is 1. The molecule has 1 amide bonds. The van der Waals surface area contributed by atoms with Crippen LogP contribution in [0.25, 0.3) is 0 Å². The van der Waals surface area contributed by atoms with Gasteiger partial charge in [0.2, 0.25) is 5.91 Å². The summed E-state index contributed by atoms with van der Waals surface area (Å²) in [6.07, 6.45) is 1.37. The number of hydrogen-bond donors (Lipinski definition) is 2. The molecule has 108 valence electrons. The Morgan fingerprint density at radius 2 is 1.90 bits per heavy atom. The lowest BCUT2D eigenvalue weighted by Gasteiger charge is -2.14. The van der Waals surface area contributed by atoms with Gasteiger partial charge in [-0.25, -0.2) is 0 Å². The molecule has 4 heteroatoms. The number of nitrogens with one attached hydrogen (secondary N) is 2. The molecule has 0 saturated carbocycles. The van der Waals surface area contributed by atoms with Crippen LogP contribution >= 0.6 is 0 Å². The molecule has 20 heavy (non-hydrogen) atoms. The van der Waals surface area contributed by atoms with Crippen molar-refractivity contribution < 1.29 is 4.79 Å². The average molecular weight is 273 g/mol. The van der Waals surface area contributed by atoms with E-state index in [2.05, 4.69) is 30.6 Å². The number of nitriles is 1. The van der Waals surface area contributed by atoms with Gasteiger partial charge in [0.15, 0.2) is 0 Å². The van der Waals surface area contributed by atoms with Crippen LogP contribution in [0.15, 0.2) is 24.3 Å². The first-order valence-corrected chi connectivity index (χ1v) is 7.05. The minimum absolute atomic E-state index is 0.0340. The molecule has 0 fully saturated rings. The molecule has 0 aliphatic carbocycles. The molecule has 0 aliphatic heterocycles. The van der Waals surface area contributed by atoms with Crippen LogP contribution in [0.1, 0.15) is 50.8 Å². The van der Waals surface area contributed by atoms with Crippen LogP contribution < -0.4 is 10.6 Å². The lowest BCUT2D eigenvalue weighted by Crippen LogP contribution is -2.28. The highest BCUT2D eigenvalue weighted by molar-refractivity contribution is 5.76. The van der Waals surface area contributed by atoms with Gasteiger partial charge < -0.3 is 10.6 Å². The Bertz CT molecular complexity index is 460. The van der Waals surface area contributed by atoms with Gasteiger partial charge in [0.1, 0.15) is 0 Å². The zero-order valence-corrected chi connectivity index (χ0v) is 12.4. The summed E-state index contributed by atoms with van der Waals surface area (Å²) in [6, 6.07) is 9.80. The van der Waals surface area contributed by atoms with E-state index in [1.165, 1.54) is 0 Å². The molecule has 4 nitrogen and oxygen atoms in total. The van der Waals surface area contributed by atoms with Crippen molar-refractivity contribution in [3.63, 3.8) is 0 Å². The lowest BCUT2D eigenvalue weighted by molar-refractivity contribution is -0.121. The molecular formula is C16H23N3O. The molecule has 1 aromatic carbocycles. The van der Waals surface area contributed by atoms with E-state index in [4.69, 9.17) is 5.26 Å². The van der Waals surface area contributed by atoms with Crippen molar-refractivity contribution in [2.75, 3.05) is 6.54 Å². The molecule has 0 bridgehead atoms. The van der Waals surface area contributed by atoms with Crippen LogP contribution in [0.5, 0.6) is 0 Å². The first kappa shape index (κ1) is 16.2. The summed E-state index contributed by atoms with van der Waals surface area (Å²) in [5, 5.41) is 15.0. The molecule has 1 unspecified atom stereocenters. The molecule has 0 aliphatic rings. The highest BCUT2D eigenvalue weighted by Gasteiger charge is 2.09. The van der Waals surface area contributed by atoms with Gasteiger partial charge in [0.05, 0.1) is 17.7 Å². The second kappa shape index (κ2) is 8.34. The Labute approximate surface area is 121 Å². The Hall–Kier alpha value is -1.86. The monoisotopic (exact) mass is 273 g/mol. The minimum Gasteiger partial charge on any atom is -0.350 e. The molecule has 0 saturated heterocycles. The summed E-state index contributed by atoms with van der Waals surface area (Å²) in [6.45, 7) is 6.99. The van der Waals surface area contributed by atoms with E-state index in [1.807, 2.05) is 19.1 Å². The summed E-state index contributed by atoms with van der Waals surface area (Å²) >= 11 is 0. The molecule has 0 radical (unpaired) electrons. The topological polar surface area (TPSA) is 64.9 Å². The lowest BCUT2D eigenvalue weighted by atomic mass is 10.1. The van der Waals surface area contributed by atoms with Gasteiger partial charge in [0, 0.05) is 12.5 Å². The molecular weight excluding hydrogens is 250 g/mol. The van der Waals surface area contributed by atoms with Crippen LogP contribution in [0.2, 0.25) is 0 Å². The molecule has 1 rings (SSSR count). The number of rotatable bonds is 7. The van der Waals surface area contributed by atoms with Crippen molar-refractivity contribution in [3.8, 4) is 6.07 Å². The molecule has 2 N–H and O–H groups in total. The quantitative estimate of drug-likeness (QED) is 0.750. The van der Waals surface area contributed by atoms with Crippen molar-refractivity contribution >= 4 is 5.91 Å². The predicted octanol–water partition coefficient (Wildman–Crippen LogP) is 2.51. The first-order valence-electron chi connectivity index (χ1n) is 7.05. The molecule has 1 aromatic rings. The van der Waals surface area contributed by atoms with Gasteiger partial charge in [-0.2, -0.15) is 5.26 Å². The fourth-order valence-corrected chi connectivity index (χ4v) is 1.88. The number of hydrogen-bond acceptors (Lipinski definition) is 3. The molecule has 0 aromatic heterocycles. The van der Waals surface area contributed by atoms with E-state index >= 15 is 0 Å². The smallest absolute Gasteiger partial charge is 0.220 e. The maximum atomic E-state index is 11.8. The summed E-state index contributed by atoms with van der Waals surface area (Å²) in [5.74, 6) is 0.0624. The average Bonchev–Trinajstić information content (AvgIpc) is 2.43. The van der Waals surface area contributed by atoms with E-state index in [9.17, 15) is 4.79 Å². The summed E-state index contributed by atoms with van der Waals surface area (Å²) < 4.78 is 0. The molecule has 0 heterocycles. The Kier molecular flexibility index (Phi) is 6.75. The van der Waals surface area contributed by atoms with Gasteiger partial charge >= 0.3 is 0 Å². The van der Waals surface area contributed by atoms with Crippen molar-refractivity contribution in [2.24, 2.45) is 0 Å². The van der Waals surface area contributed by atoms with Crippen LogP contribution in [-0.2, 0) is 4.79 Å². The van der Waals surface area contributed by atoms with Gasteiger partial charge in [-0.05, 0) is 37.6 Å². The standard InChI is InChI=1S/C16H23N3O/c1-12(2)18-10-4-5-16(20)19-13(3)15-8-6-14(11-17)7-9-15/h6-9,12-13,18H,4-5,10H2,1-3H3,(H,19,20). The van der Waals surface area contributed by atoms with Gasteiger partial charge in [-0.15, -0.1) is 0 Å². The highest BCUT2D eigenvalue weighted by atomic mass is 16.1. The van der Waals surface area contributed by atoms with Crippen LogP contribution in [-0.4, -0.2) is 18.5 Å². The molecule has 0 spiro atoms. The fraction of sp³-hybridized carbons (Fsp3) is 0.500. The van der Waals surface area contributed by atoms with E-state index < -0.39 is 0 Å². The van der Waals surface area contributed by atoms with E-state index in [-0.39, 0.29) is 11.9 Å². The van der Waals surface area contributed by atoms with Crippen molar-refractivity contribution in [1.82, 2.24) is 10.6 Å². The third kappa shape index (κ3) is 5.85. The summed E-state index contributed by atoms with van der Waals surface area (Å²) in [7, 11) is 0. The second-order valence-electron chi connectivity index (χ2n) is 5.24. The highest BCUT2D eigenvalue weighted by Crippen LogP contribution is 2.13. The maximum absolute atomic E-state index is 11.8. The van der Waals surface area contributed by atoms with E-state index in [1.54, 1.807) is 12.1 Å². The normalized spacial score (nSPS) is 11.9. The zero-order chi connectivity index (χ0) is 15.0. The number of amides is 1. The van der Waals surface area contributed by atoms with E-state index in [0.717, 1.165) is 18.5 Å². The van der Waals surface area contributed by atoms with Crippen LogP contribution in [0.4, 0.5) is 0 Å². The number of benzene rings is 1. The van der Waals surface area contributed by atoms with Crippen molar-refractivity contribution in [1.29, 1.82) is 5.26 Å². The largest absolute Gasteiger partial charge is 0.350 e. The third-order valence-electron chi connectivity index (χ3n) is 3.05. The Morgan fingerprint density at radius 1 is 1.25 bits per heavy atom. The van der Waals surface area contributed by atoms with Crippen molar-refractivity contribution in [2.45, 2.75) is 45.7 Å². The minimum atomic E-state index is -0.0340. The van der Waals surface area contributed by atoms with Crippen LogP contribution in [0.3, 0.4) is 0 Å². The Morgan fingerprint density at radius 3 is 2.45 bits per heavy atom. The van der Waals surface area contributed by atoms with Crippen molar-refractivity contribution in [3.05, 3.63) is 35.4 Å². The molecule has 1 atom stereocenters. The third-order valence-corrected chi connectivity index (χ3v) is 3.05. The number of nitrogens with zero attached hydrogens (tertiary/aromatic N) is 1. The van der Waals surface area contributed by atoms with Gasteiger partial charge in [-0.1, -0.05) is 26.0 Å². The predicted molar refractivity (Wildman–Crippen MR) is 80.1 cm³/mol. The van der Waals surface area contributed by atoms with Gasteiger partial charge in [0.25, 0.3) is 0 Å². The van der Waals surface area contributed by atoms with Gasteiger partial charge in [-0.3, -0.25) is 4.79 Å². The Balaban J connectivity index is 2.35. The SMILES string of the molecule is CC(C)NCCCC(=O)NC(C)c1ccc(C#N)cc1. The van der Waals surface area contributed by atoms with Crippen LogP contribution in [0, 0.1) is 11.3 Å². The fourth-order valence-electron chi connectivity index (χ4n) is 1.88. The number of carbonyl (C=O) groups excluding carboxylic acids is 1. The van der Waals surface area contributed by atoms with E-state index in [0.29, 0.717) is 18.0 Å².